The van der Waals surface area contributed by atoms with Crippen molar-refractivity contribution in [2.75, 3.05) is 9.80 Å². The lowest BCUT2D eigenvalue weighted by Crippen LogP contribution is -2.23. The average molecular weight is 641 g/mol. The third-order valence-electron chi connectivity index (χ3n) is 8.70. The second-order valence-electron chi connectivity index (χ2n) is 12.3. The Morgan fingerprint density at radius 3 is 1.15 bits per heavy atom. The van der Waals surface area contributed by atoms with E-state index >= 15 is 0 Å². The van der Waals surface area contributed by atoms with Gasteiger partial charge in [0.05, 0.1) is 5.56 Å². The van der Waals surface area contributed by atoms with E-state index in [1.54, 1.807) is 6.07 Å². The van der Waals surface area contributed by atoms with Crippen molar-refractivity contribution in [1.82, 2.24) is 0 Å². The normalized spacial score (nSPS) is 11.3. The zero-order valence-electron chi connectivity index (χ0n) is 27.1. The molecule has 0 aromatic heterocycles. The number of hydrogen-bond donors (Lipinski definition) is 0. The van der Waals surface area contributed by atoms with Crippen molar-refractivity contribution in [3.8, 4) is 0 Å². The van der Waals surface area contributed by atoms with Crippen LogP contribution >= 0.6 is 0 Å². The quantitative estimate of drug-likeness (QED) is 0.131. The van der Waals surface area contributed by atoms with Gasteiger partial charge in [-0.1, -0.05) is 133 Å². The molecule has 6 rings (SSSR count). The van der Waals surface area contributed by atoms with E-state index in [1.807, 2.05) is 127 Å². The lowest BCUT2D eigenvalue weighted by atomic mass is 9.95. The second kappa shape index (κ2) is 15.1. The Bertz CT molecular complexity index is 1810. The van der Waals surface area contributed by atoms with Gasteiger partial charge in [-0.25, -0.2) is 0 Å². The molecule has 0 amide bonds. The average Bonchev–Trinajstić information content (AvgIpc) is 3.10. The lowest BCUT2D eigenvalue weighted by Gasteiger charge is -2.27. The molecule has 0 aliphatic carbocycles. The summed E-state index contributed by atoms with van der Waals surface area (Å²) in [6.45, 7) is 4.42. The van der Waals surface area contributed by atoms with Crippen LogP contribution in [0.15, 0.2) is 158 Å². The van der Waals surface area contributed by atoms with Gasteiger partial charge in [-0.05, 0) is 76.6 Å². The molecule has 0 fully saturated rings. The Hall–Kier alpha value is -5.29. The van der Waals surface area contributed by atoms with Crippen molar-refractivity contribution in [3.05, 3.63) is 202 Å². The number of aryl methyl sites for hydroxylation is 1. The third-order valence-corrected chi connectivity index (χ3v) is 8.70. The van der Waals surface area contributed by atoms with Gasteiger partial charge >= 0.3 is 6.18 Å². The van der Waals surface area contributed by atoms with E-state index < -0.39 is 11.7 Å². The predicted molar refractivity (Wildman–Crippen MR) is 191 cm³/mol. The zero-order chi connectivity index (χ0) is 33.3. The summed E-state index contributed by atoms with van der Waals surface area (Å²) >= 11 is 0. The van der Waals surface area contributed by atoms with Crippen molar-refractivity contribution in [2.24, 2.45) is 0 Å². The molecule has 0 atom stereocenters. The molecule has 2 nitrogen and oxygen atoms in total. The summed E-state index contributed by atoms with van der Waals surface area (Å²) in [6.07, 6.45) is -4.30. The number of hydrogen-bond acceptors (Lipinski definition) is 2. The smallest absolute Gasteiger partial charge is 0.363 e. The first-order valence-corrected chi connectivity index (χ1v) is 16.3. The molecule has 6 aromatic carbocycles. The van der Waals surface area contributed by atoms with Gasteiger partial charge in [-0.2, -0.15) is 13.2 Å². The Balaban J connectivity index is 1.29. The van der Waals surface area contributed by atoms with Gasteiger partial charge in [0, 0.05) is 37.6 Å². The molecule has 0 saturated heterocycles. The number of benzene rings is 6. The Morgan fingerprint density at radius 2 is 0.792 bits per heavy atom. The van der Waals surface area contributed by atoms with Crippen molar-refractivity contribution in [1.29, 1.82) is 0 Å². The molecule has 242 valence electrons. The minimum Gasteiger partial charge on any atom is -0.363 e. The molecule has 0 saturated carbocycles. The van der Waals surface area contributed by atoms with Crippen LogP contribution in [0.25, 0.3) is 0 Å². The van der Waals surface area contributed by atoms with Crippen LogP contribution in [-0.4, -0.2) is 0 Å². The van der Waals surface area contributed by atoms with Gasteiger partial charge in [0.2, 0.25) is 0 Å². The first-order chi connectivity index (χ1) is 23.3. The van der Waals surface area contributed by atoms with E-state index in [-0.39, 0.29) is 12.0 Å². The minimum atomic E-state index is -4.49. The minimum absolute atomic E-state index is 0.190. The highest BCUT2D eigenvalue weighted by atomic mass is 19.4. The van der Waals surface area contributed by atoms with Crippen molar-refractivity contribution < 1.29 is 13.2 Å². The molecular formula is C43H39F3N2. The van der Waals surface area contributed by atoms with Crippen molar-refractivity contribution in [2.45, 2.75) is 45.7 Å². The molecule has 6 aromatic rings. The Kier molecular flexibility index (Phi) is 10.3. The van der Waals surface area contributed by atoms with Crippen LogP contribution in [-0.2, 0) is 38.8 Å². The van der Waals surface area contributed by atoms with E-state index in [1.165, 1.54) is 17.2 Å². The maximum atomic E-state index is 14.7. The van der Waals surface area contributed by atoms with Crippen molar-refractivity contribution >= 4 is 11.4 Å². The summed E-state index contributed by atoms with van der Waals surface area (Å²) in [5, 5.41) is 0. The molecule has 0 unspecified atom stereocenters. The van der Waals surface area contributed by atoms with Gasteiger partial charge in [-0.3, -0.25) is 0 Å². The Morgan fingerprint density at radius 1 is 0.438 bits per heavy atom. The predicted octanol–water partition coefficient (Wildman–Crippen LogP) is 11.0. The van der Waals surface area contributed by atoms with Crippen molar-refractivity contribution in [3.63, 3.8) is 0 Å². The van der Waals surface area contributed by atoms with Crippen LogP contribution in [0.5, 0.6) is 0 Å². The van der Waals surface area contributed by atoms with Crippen LogP contribution in [0, 0.1) is 6.92 Å². The zero-order valence-corrected chi connectivity index (χ0v) is 27.1. The standard InChI is InChI=1S/C43H39F3N2/c1-33-26-40(47(29-34-14-6-2-7-15-34)30-35-16-8-3-9-17-35)24-22-38(33)27-39-23-25-41(28-42(39)43(44,45)46)48(31-36-18-10-4-11-19-36)32-37-20-12-5-13-21-37/h2-26,28H,27,29-32H2,1H3. The number of nitrogens with zero attached hydrogens (tertiary/aromatic N) is 2. The fourth-order valence-electron chi connectivity index (χ4n) is 6.15. The molecule has 0 radical (unpaired) electrons. The van der Waals surface area contributed by atoms with Gasteiger partial charge in [0.25, 0.3) is 0 Å². The largest absolute Gasteiger partial charge is 0.416 e. The maximum absolute atomic E-state index is 14.7. The first kappa shape index (κ1) is 32.6. The molecule has 0 aliphatic rings. The van der Waals surface area contributed by atoms with Gasteiger partial charge in [-0.15, -0.1) is 0 Å². The molecular weight excluding hydrogens is 601 g/mol. The summed E-state index contributed by atoms with van der Waals surface area (Å²) in [6, 6.07) is 51.3. The van der Waals surface area contributed by atoms with E-state index in [0.29, 0.717) is 18.8 Å². The number of alkyl halides is 3. The molecule has 0 N–H and O–H groups in total. The molecule has 0 aliphatic heterocycles. The molecule has 0 bridgehead atoms. The summed E-state index contributed by atoms with van der Waals surface area (Å²) in [5.41, 5.74) is 7.56. The second-order valence-corrected chi connectivity index (χ2v) is 12.3. The number of anilines is 2. The maximum Gasteiger partial charge on any atom is 0.416 e. The van der Waals surface area contributed by atoms with Crippen LogP contribution < -0.4 is 9.80 Å². The summed E-state index contributed by atoms with van der Waals surface area (Å²) < 4.78 is 44.1. The highest BCUT2D eigenvalue weighted by Crippen LogP contribution is 2.37. The van der Waals surface area contributed by atoms with E-state index in [2.05, 4.69) is 35.2 Å². The number of halogens is 3. The first-order valence-electron chi connectivity index (χ1n) is 16.3. The lowest BCUT2D eigenvalue weighted by molar-refractivity contribution is -0.138. The summed E-state index contributed by atoms with van der Waals surface area (Å²) in [4.78, 5) is 4.32. The molecule has 0 heterocycles. The van der Waals surface area contributed by atoms with Gasteiger partial charge < -0.3 is 9.80 Å². The molecule has 48 heavy (non-hydrogen) atoms. The number of rotatable bonds is 12. The molecule has 0 spiro atoms. The third kappa shape index (κ3) is 8.54. The molecule has 5 heteroatoms. The topological polar surface area (TPSA) is 6.48 Å². The van der Waals surface area contributed by atoms with Crippen LogP contribution in [0.3, 0.4) is 0 Å². The van der Waals surface area contributed by atoms with E-state index in [9.17, 15) is 13.2 Å². The highest BCUT2D eigenvalue weighted by molar-refractivity contribution is 5.56. The fourth-order valence-corrected chi connectivity index (χ4v) is 6.15. The summed E-state index contributed by atoms with van der Waals surface area (Å²) in [5.74, 6) is 0. The summed E-state index contributed by atoms with van der Waals surface area (Å²) in [7, 11) is 0. The highest BCUT2D eigenvalue weighted by Gasteiger charge is 2.34. The van der Waals surface area contributed by atoms with Gasteiger partial charge in [0.15, 0.2) is 0 Å². The van der Waals surface area contributed by atoms with Crippen LogP contribution in [0.4, 0.5) is 24.5 Å². The Labute approximate surface area is 281 Å². The SMILES string of the molecule is Cc1cc(N(Cc2ccccc2)Cc2ccccc2)ccc1Cc1ccc(N(Cc2ccccc2)Cc2ccccc2)cc1C(F)(F)F. The van der Waals surface area contributed by atoms with E-state index in [4.69, 9.17) is 0 Å². The van der Waals surface area contributed by atoms with Crippen LogP contribution in [0.1, 0.15) is 44.5 Å². The fraction of sp³-hybridized carbons (Fsp3) is 0.163. The van der Waals surface area contributed by atoms with E-state index in [0.717, 1.165) is 41.0 Å². The monoisotopic (exact) mass is 640 g/mol. The van der Waals surface area contributed by atoms with Crippen LogP contribution in [0.2, 0.25) is 0 Å². The van der Waals surface area contributed by atoms with Gasteiger partial charge in [0.1, 0.15) is 0 Å².